The van der Waals surface area contributed by atoms with Gasteiger partial charge < -0.3 is 20.5 Å². The zero-order chi connectivity index (χ0) is 16.2. The number of aliphatic hydroxyl groups excluding tert-OH is 1. The van der Waals surface area contributed by atoms with Crippen LogP contribution in [0.5, 0.6) is 5.75 Å². The molecule has 1 unspecified atom stereocenters. The first-order valence-electron chi connectivity index (χ1n) is 7.87. The lowest BCUT2D eigenvalue weighted by Gasteiger charge is -2.28. The maximum atomic E-state index is 12.1. The molecule has 2 rings (SSSR count). The number of ether oxygens (including phenoxy) is 1. The highest BCUT2D eigenvalue weighted by atomic mass is 16.5. The number of carbonyl (C=O) groups is 1. The Bertz CT molecular complexity index is 529. The van der Waals surface area contributed by atoms with Crippen LogP contribution in [0.4, 0.5) is 4.79 Å². The molecule has 1 aromatic rings. The molecule has 1 aliphatic carbocycles. The van der Waals surface area contributed by atoms with Crippen molar-refractivity contribution < 1.29 is 14.6 Å². The Morgan fingerprint density at radius 3 is 2.77 bits per heavy atom. The summed E-state index contributed by atoms with van der Waals surface area (Å²) in [5.74, 6) is 1.18. The van der Waals surface area contributed by atoms with E-state index in [1.54, 1.807) is 0 Å². The summed E-state index contributed by atoms with van der Waals surface area (Å²) in [5.41, 5.74) is 1.54. The summed E-state index contributed by atoms with van der Waals surface area (Å²) in [6, 6.07) is 5.68. The quantitative estimate of drug-likeness (QED) is 0.724. The molecule has 1 fully saturated rings. The number of benzene rings is 1. The van der Waals surface area contributed by atoms with Crippen molar-refractivity contribution in [1.82, 2.24) is 10.6 Å². The number of hydrogen-bond donors (Lipinski definition) is 3. The van der Waals surface area contributed by atoms with E-state index in [2.05, 4.69) is 10.6 Å². The van der Waals surface area contributed by atoms with Gasteiger partial charge in [0.05, 0.1) is 18.8 Å². The molecule has 3 N–H and O–H groups in total. The second-order valence-corrected chi connectivity index (χ2v) is 6.20. The third-order valence-corrected chi connectivity index (χ3v) is 4.17. The van der Waals surface area contributed by atoms with E-state index in [9.17, 15) is 9.90 Å². The first kappa shape index (κ1) is 16.6. The van der Waals surface area contributed by atoms with Gasteiger partial charge in [0.15, 0.2) is 0 Å². The van der Waals surface area contributed by atoms with Crippen LogP contribution in [0.3, 0.4) is 0 Å². The molecule has 0 radical (unpaired) electrons. The molecule has 0 aliphatic heterocycles. The van der Waals surface area contributed by atoms with E-state index in [1.165, 1.54) is 0 Å². The van der Waals surface area contributed by atoms with Gasteiger partial charge in [-0.1, -0.05) is 12.1 Å². The first-order valence-corrected chi connectivity index (χ1v) is 7.87. The van der Waals surface area contributed by atoms with E-state index in [0.29, 0.717) is 19.1 Å². The standard InChI is InChI=1S/C17H26N2O3/c1-4-22-15-9-12(2)5-6-13(15)10-18-16(21)19-17(3,11-20)14-7-8-14/h5-6,9,14,20H,4,7-8,10-11H2,1-3H3,(H2,18,19,21). The zero-order valence-electron chi connectivity index (χ0n) is 13.6. The minimum absolute atomic E-state index is 0.0419. The molecule has 22 heavy (non-hydrogen) atoms. The summed E-state index contributed by atoms with van der Waals surface area (Å²) in [6.45, 7) is 6.78. The Morgan fingerprint density at radius 1 is 1.45 bits per heavy atom. The minimum atomic E-state index is -0.528. The Hall–Kier alpha value is -1.75. The molecule has 0 bridgehead atoms. The Kier molecular flexibility index (Phi) is 5.29. The maximum absolute atomic E-state index is 12.1. The van der Waals surface area contributed by atoms with Crippen LogP contribution in [-0.2, 0) is 6.54 Å². The van der Waals surface area contributed by atoms with Crippen LogP contribution in [0, 0.1) is 12.8 Å². The zero-order valence-corrected chi connectivity index (χ0v) is 13.6. The fourth-order valence-corrected chi connectivity index (χ4v) is 2.57. The van der Waals surface area contributed by atoms with E-state index >= 15 is 0 Å². The van der Waals surface area contributed by atoms with Gasteiger partial charge in [0.2, 0.25) is 0 Å². The molecule has 1 aliphatic rings. The van der Waals surface area contributed by atoms with Crippen molar-refractivity contribution in [3.63, 3.8) is 0 Å². The van der Waals surface area contributed by atoms with Crippen molar-refractivity contribution in [3.05, 3.63) is 29.3 Å². The number of aryl methyl sites for hydroxylation is 1. The van der Waals surface area contributed by atoms with Crippen LogP contribution >= 0.6 is 0 Å². The predicted molar refractivity (Wildman–Crippen MR) is 85.9 cm³/mol. The van der Waals surface area contributed by atoms with E-state index in [0.717, 1.165) is 29.7 Å². The van der Waals surface area contributed by atoms with Crippen LogP contribution in [0.1, 0.15) is 37.8 Å². The van der Waals surface area contributed by atoms with Gasteiger partial charge in [0, 0.05) is 12.1 Å². The second kappa shape index (κ2) is 7.01. The first-order chi connectivity index (χ1) is 10.5. The van der Waals surface area contributed by atoms with Gasteiger partial charge in [-0.2, -0.15) is 0 Å². The van der Waals surface area contributed by atoms with E-state index in [4.69, 9.17) is 4.74 Å². The van der Waals surface area contributed by atoms with Crippen LogP contribution in [0.25, 0.3) is 0 Å². The Morgan fingerprint density at radius 2 is 2.18 bits per heavy atom. The lowest BCUT2D eigenvalue weighted by molar-refractivity contribution is 0.155. The Balaban J connectivity index is 1.93. The van der Waals surface area contributed by atoms with Gasteiger partial charge in [0.25, 0.3) is 0 Å². The maximum Gasteiger partial charge on any atom is 0.315 e. The lowest BCUT2D eigenvalue weighted by atomic mass is 9.97. The van der Waals surface area contributed by atoms with Gasteiger partial charge >= 0.3 is 6.03 Å². The number of amides is 2. The van der Waals surface area contributed by atoms with Crippen molar-refractivity contribution in [1.29, 1.82) is 0 Å². The smallest absolute Gasteiger partial charge is 0.315 e. The van der Waals surface area contributed by atoms with Gasteiger partial charge in [-0.25, -0.2) is 4.79 Å². The van der Waals surface area contributed by atoms with E-state index in [1.807, 2.05) is 39.0 Å². The van der Waals surface area contributed by atoms with E-state index in [-0.39, 0.29) is 12.6 Å². The number of carbonyl (C=O) groups excluding carboxylic acids is 1. The number of rotatable bonds is 7. The molecular formula is C17H26N2O3. The summed E-state index contributed by atoms with van der Waals surface area (Å²) in [6.07, 6.45) is 2.12. The van der Waals surface area contributed by atoms with Gasteiger partial charge in [-0.3, -0.25) is 0 Å². The van der Waals surface area contributed by atoms with Gasteiger partial charge in [-0.05, 0) is 51.2 Å². The summed E-state index contributed by atoms with van der Waals surface area (Å²) < 4.78 is 5.61. The largest absolute Gasteiger partial charge is 0.494 e. The third kappa shape index (κ3) is 4.13. The molecule has 0 aromatic heterocycles. The molecule has 1 saturated carbocycles. The fraction of sp³-hybridized carbons (Fsp3) is 0.588. The average molecular weight is 306 g/mol. The van der Waals surface area contributed by atoms with Gasteiger partial charge in [-0.15, -0.1) is 0 Å². The highest BCUT2D eigenvalue weighted by Gasteiger charge is 2.42. The van der Waals surface area contributed by atoms with Crippen LogP contribution in [0.2, 0.25) is 0 Å². The molecule has 1 atom stereocenters. The van der Waals surface area contributed by atoms with Gasteiger partial charge in [0.1, 0.15) is 5.75 Å². The van der Waals surface area contributed by atoms with E-state index < -0.39 is 5.54 Å². The van der Waals surface area contributed by atoms with Crippen molar-refractivity contribution in [2.75, 3.05) is 13.2 Å². The number of aliphatic hydroxyl groups is 1. The number of urea groups is 1. The highest BCUT2D eigenvalue weighted by molar-refractivity contribution is 5.75. The molecule has 0 heterocycles. The molecule has 0 saturated heterocycles. The molecule has 2 amide bonds. The van der Waals surface area contributed by atoms with Crippen molar-refractivity contribution in [2.45, 2.75) is 45.7 Å². The number of nitrogens with one attached hydrogen (secondary N) is 2. The third-order valence-electron chi connectivity index (χ3n) is 4.17. The van der Waals surface area contributed by atoms with Crippen LogP contribution in [-0.4, -0.2) is 29.9 Å². The molecule has 5 nitrogen and oxygen atoms in total. The van der Waals surface area contributed by atoms with Crippen molar-refractivity contribution in [3.8, 4) is 5.75 Å². The summed E-state index contributed by atoms with van der Waals surface area (Å²) in [4.78, 5) is 12.1. The molecular weight excluding hydrogens is 280 g/mol. The molecule has 0 spiro atoms. The topological polar surface area (TPSA) is 70.6 Å². The van der Waals surface area contributed by atoms with Crippen LogP contribution < -0.4 is 15.4 Å². The SMILES string of the molecule is CCOc1cc(C)ccc1CNC(=O)NC(C)(CO)C1CC1. The fourth-order valence-electron chi connectivity index (χ4n) is 2.57. The predicted octanol–water partition coefficient (Wildman–Crippen LogP) is 2.35. The van der Waals surface area contributed by atoms with Crippen LogP contribution in [0.15, 0.2) is 18.2 Å². The summed E-state index contributed by atoms with van der Waals surface area (Å²) in [7, 11) is 0. The summed E-state index contributed by atoms with van der Waals surface area (Å²) >= 11 is 0. The normalized spacial score (nSPS) is 16.7. The second-order valence-electron chi connectivity index (χ2n) is 6.20. The van der Waals surface area contributed by atoms with Crippen molar-refractivity contribution >= 4 is 6.03 Å². The summed E-state index contributed by atoms with van der Waals surface area (Å²) in [5, 5.41) is 15.3. The highest BCUT2D eigenvalue weighted by Crippen LogP contribution is 2.39. The Labute approximate surface area is 132 Å². The van der Waals surface area contributed by atoms with Crippen molar-refractivity contribution in [2.24, 2.45) is 5.92 Å². The lowest BCUT2D eigenvalue weighted by Crippen LogP contribution is -2.53. The number of hydrogen-bond acceptors (Lipinski definition) is 3. The monoisotopic (exact) mass is 306 g/mol. The molecule has 122 valence electrons. The minimum Gasteiger partial charge on any atom is -0.494 e. The average Bonchev–Trinajstić information content (AvgIpc) is 3.31. The molecule has 1 aromatic carbocycles. The molecule has 5 heteroatoms.